The maximum atomic E-state index is 11.1. The molecule has 5 N–H and O–H groups in total. The molecule has 6 heteroatoms. The molecular weight excluding hydrogens is 220 g/mol. The normalized spacial score (nSPS) is 10.1. The Morgan fingerprint density at radius 1 is 1.24 bits per heavy atom. The number of hydrogen-bond donors (Lipinski definition) is 3. The number of anilines is 2. The predicted molar refractivity (Wildman–Crippen MR) is 64.5 cm³/mol. The van der Waals surface area contributed by atoms with Crippen LogP contribution in [0.25, 0.3) is 0 Å². The number of rotatable bonds is 3. The lowest BCUT2D eigenvalue weighted by atomic mass is 10.3. The second-order valence-corrected chi connectivity index (χ2v) is 3.47. The number of benzene rings is 1. The van der Waals surface area contributed by atoms with Crippen LogP contribution in [0.4, 0.5) is 11.5 Å². The summed E-state index contributed by atoms with van der Waals surface area (Å²) in [6.07, 6.45) is 0. The molecular formula is C11H12N4O2. The Labute approximate surface area is 97.2 Å². The predicted octanol–water partition coefficient (Wildman–Crippen LogP) is 0.513. The monoisotopic (exact) mass is 232 g/mol. The lowest BCUT2D eigenvalue weighted by Gasteiger charge is -2.05. The molecule has 0 fully saturated rings. The zero-order valence-corrected chi connectivity index (χ0v) is 9.01. The summed E-state index contributed by atoms with van der Waals surface area (Å²) in [6.45, 7) is 0.143. The lowest BCUT2D eigenvalue weighted by Crippen LogP contribution is -2.14. The third kappa shape index (κ3) is 2.97. The molecule has 0 saturated heterocycles. The highest BCUT2D eigenvalue weighted by molar-refractivity contribution is 5.41. The van der Waals surface area contributed by atoms with Crippen LogP contribution in [-0.2, 0) is 6.61 Å². The van der Waals surface area contributed by atoms with Gasteiger partial charge in [-0.25, -0.2) is 4.98 Å². The van der Waals surface area contributed by atoms with Gasteiger partial charge in [0.2, 0.25) is 0 Å². The number of aromatic amines is 1. The molecule has 0 saturated carbocycles. The van der Waals surface area contributed by atoms with Crippen LogP contribution in [0.2, 0.25) is 0 Å². The van der Waals surface area contributed by atoms with Gasteiger partial charge in [0.15, 0.2) is 0 Å². The molecule has 2 rings (SSSR count). The third-order valence-corrected chi connectivity index (χ3v) is 2.07. The van der Waals surface area contributed by atoms with Crippen molar-refractivity contribution in [2.45, 2.75) is 6.61 Å². The van der Waals surface area contributed by atoms with Crippen LogP contribution < -0.4 is 21.8 Å². The van der Waals surface area contributed by atoms with Crippen LogP contribution in [-0.4, -0.2) is 9.97 Å². The maximum Gasteiger partial charge on any atom is 0.253 e. The molecule has 1 heterocycles. The summed E-state index contributed by atoms with van der Waals surface area (Å²) < 4.78 is 5.41. The molecule has 0 spiro atoms. The summed E-state index contributed by atoms with van der Waals surface area (Å²) in [6, 6.07) is 8.14. The van der Waals surface area contributed by atoms with E-state index in [9.17, 15) is 4.79 Å². The van der Waals surface area contributed by atoms with E-state index in [1.807, 2.05) is 0 Å². The second-order valence-electron chi connectivity index (χ2n) is 3.47. The number of nitrogen functional groups attached to an aromatic ring is 2. The molecule has 0 unspecified atom stereocenters. The van der Waals surface area contributed by atoms with Gasteiger partial charge in [-0.3, -0.25) is 4.79 Å². The highest BCUT2D eigenvalue weighted by Crippen LogP contribution is 2.13. The van der Waals surface area contributed by atoms with E-state index in [4.69, 9.17) is 16.2 Å². The van der Waals surface area contributed by atoms with Crippen LogP contribution >= 0.6 is 0 Å². The first-order valence-electron chi connectivity index (χ1n) is 4.97. The Bertz CT molecular complexity index is 562. The Balaban J connectivity index is 2.07. The summed E-state index contributed by atoms with van der Waals surface area (Å²) in [5, 5.41) is 0. The van der Waals surface area contributed by atoms with Gasteiger partial charge in [0.1, 0.15) is 24.0 Å². The topological polar surface area (TPSA) is 107 Å². The van der Waals surface area contributed by atoms with E-state index in [2.05, 4.69) is 9.97 Å². The molecule has 0 radical (unpaired) electrons. The minimum atomic E-state index is -0.298. The molecule has 0 aliphatic rings. The van der Waals surface area contributed by atoms with Crippen molar-refractivity contribution in [3.05, 3.63) is 46.5 Å². The minimum Gasteiger partial charge on any atom is -0.486 e. The van der Waals surface area contributed by atoms with Crippen molar-refractivity contribution in [2.75, 3.05) is 11.5 Å². The zero-order chi connectivity index (χ0) is 12.3. The highest BCUT2D eigenvalue weighted by Gasteiger charge is 2.00. The Hall–Kier alpha value is -2.50. The fraction of sp³-hybridized carbons (Fsp3) is 0.0909. The Kier molecular flexibility index (Phi) is 2.95. The zero-order valence-electron chi connectivity index (χ0n) is 9.01. The maximum absolute atomic E-state index is 11.1. The van der Waals surface area contributed by atoms with Gasteiger partial charge >= 0.3 is 0 Å². The smallest absolute Gasteiger partial charge is 0.253 e. The van der Waals surface area contributed by atoms with Crippen LogP contribution in [0.1, 0.15) is 5.82 Å². The molecule has 0 aliphatic carbocycles. The molecule has 2 aromatic rings. The van der Waals surface area contributed by atoms with Gasteiger partial charge in [0.25, 0.3) is 5.56 Å². The van der Waals surface area contributed by atoms with Gasteiger partial charge in [0.05, 0.1) is 0 Å². The number of nitrogens with zero attached hydrogens (tertiary/aromatic N) is 1. The van der Waals surface area contributed by atoms with E-state index in [-0.39, 0.29) is 18.0 Å². The number of H-pyrrole nitrogens is 1. The largest absolute Gasteiger partial charge is 0.486 e. The standard InChI is InChI=1S/C11H12N4O2/c12-7-1-3-8(4-2-7)17-6-10-14-9(13)5-11(16)15-10/h1-5H,6,12H2,(H3,13,14,15,16). The van der Waals surface area contributed by atoms with E-state index in [0.29, 0.717) is 17.3 Å². The molecule has 0 atom stereocenters. The summed E-state index contributed by atoms with van der Waals surface area (Å²) in [4.78, 5) is 17.6. The van der Waals surface area contributed by atoms with Crippen LogP contribution in [0.3, 0.4) is 0 Å². The number of nitrogens with one attached hydrogen (secondary N) is 1. The second kappa shape index (κ2) is 4.56. The van der Waals surface area contributed by atoms with E-state index >= 15 is 0 Å². The summed E-state index contributed by atoms with van der Waals surface area (Å²) in [5.41, 5.74) is 11.3. The fourth-order valence-corrected chi connectivity index (χ4v) is 1.31. The summed E-state index contributed by atoms with van der Waals surface area (Å²) in [5.74, 6) is 1.20. The van der Waals surface area contributed by atoms with Gasteiger partial charge in [-0.1, -0.05) is 0 Å². The molecule has 17 heavy (non-hydrogen) atoms. The van der Waals surface area contributed by atoms with Gasteiger partial charge < -0.3 is 21.2 Å². The summed E-state index contributed by atoms with van der Waals surface area (Å²) in [7, 11) is 0. The van der Waals surface area contributed by atoms with Crippen molar-refractivity contribution >= 4 is 11.5 Å². The molecule has 1 aromatic heterocycles. The van der Waals surface area contributed by atoms with E-state index < -0.39 is 0 Å². The fourth-order valence-electron chi connectivity index (χ4n) is 1.31. The third-order valence-electron chi connectivity index (χ3n) is 2.07. The number of aromatic nitrogens is 2. The lowest BCUT2D eigenvalue weighted by molar-refractivity contribution is 0.295. The van der Waals surface area contributed by atoms with Crippen molar-refractivity contribution in [1.29, 1.82) is 0 Å². The highest BCUT2D eigenvalue weighted by atomic mass is 16.5. The molecule has 0 bridgehead atoms. The Morgan fingerprint density at radius 3 is 2.59 bits per heavy atom. The quantitative estimate of drug-likeness (QED) is 0.668. The van der Waals surface area contributed by atoms with Gasteiger partial charge in [-0.2, -0.15) is 0 Å². The molecule has 88 valence electrons. The molecule has 0 aliphatic heterocycles. The first-order chi connectivity index (χ1) is 8.13. The van der Waals surface area contributed by atoms with E-state index in [1.165, 1.54) is 6.07 Å². The van der Waals surface area contributed by atoms with Crippen molar-refractivity contribution in [3.63, 3.8) is 0 Å². The van der Waals surface area contributed by atoms with Crippen molar-refractivity contribution in [1.82, 2.24) is 9.97 Å². The van der Waals surface area contributed by atoms with E-state index in [0.717, 1.165) is 0 Å². The molecule has 6 nitrogen and oxygen atoms in total. The average molecular weight is 232 g/mol. The van der Waals surface area contributed by atoms with Crippen molar-refractivity contribution in [2.24, 2.45) is 0 Å². The number of ether oxygens (including phenoxy) is 1. The molecule has 0 amide bonds. The van der Waals surface area contributed by atoms with Crippen LogP contribution in [0.15, 0.2) is 35.1 Å². The summed E-state index contributed by atoms with van der Waals surface area (Å²) >= 11 is 0. The van der Waals surface area contributed by atoms with Crippen molar-refractivity contribution < 1.29 is 4.74 Å². The number of nitrogens with two attached hydrogens (primary N) is 2. The minimum absolute atomic E-state index is 0.143. The van der Waals surface area contributed by atoms with Gasteiger partial charge in [-0.15, -0.1) is 0 Å². The Morgan fingerprint density at radius 2 is 1.94 bits per heavy atom. The van der Waals surface area contributed by atoms with Gasteiger partial charge in [-0.05, 0) is 24.3 Å². The SMILES string of the molecule is Nc1ccc(OCc2nc(N)cc(=O)[nH]2)cc1. The van der Waals surface area contributed by atoms with E-state index in [1.54, 1.807) is 24.3 Å². The van der Waals surface area contributed by atoms with Crippen LogP contribution in [0.5, 0.6) is 5.75 Å². The molecule has 1 aromatic carbocycles. The first-order valence-corrected chi connectivity index (χ1v) is 4.97. The van der Waals surface area contributed by atoms with Crippen molar-refractivity contribution in [3.8, 4) is 5.75 Å². The first kappa shape index (κ1) is 11.0. The average Bonchev–Trinajstić information content (AvgIpc) is 2.27. The van der Waals surface area contributed by atoms with Crippen LogP contribution in [0, 0.1) is 0 Å². The van der Waals surface area contributed by atoms with Gasteiger partial charge in [0, 0.05) is 11.8 Å². The number of hydrogen-bond acceptors (Lipinski definition) is 5.